The lowest BCUT2D eigenvalue weighted by Crippen LogP contribution is -2.17. The first-order valence-electron chi connectivity index (χ1n) is 7.49. The average Bonchev–Trinajstić information content (AvgIpc) is 2.96. The predicted octanol–water partition coefficient (Wildman–Crippen LogP) is 1.72. The Morgan fingerprint density at radius 1 is 1.28 bits per heavy atom. The summed E-state index contributed by atoms with van der Waals surface area (Å²) in [4.78, 5) is 22.8. The lowest BCUT2D eigenvalue weighted by atomic mass is 10.3. The monoisotopic (exact) mass is 369 g/mol. The van der Waals surface area contributed by atoms with Crippen molar-refractivity contribution in [1.29, 1.82) is 0 Å². The van der Waals surface area contributed by atoms with E-state index in [1.54, 1.807) is 4.57 Å². The largest absolute Gasteiger partial charge is 0.370 e. The van der Waals surface area contributed by atoms with Gasteiger partial charge in [0.15, 0.2) is 5.16 Å². The minimum Gasteiger partial charge on any atom is -0.370 e. The number of benzene rings is 1. The van der Waals surface area contributed by atoms with Gasteiger partial charge in [0.25, 0.3) is 0 Å². The number of anilines is 1. The zero-order chi connectivity index (χ0) is 18.4. The van der Waals surface area contributed by atoms with E-state index in [0.717, 1.165) is 23.9 Å². The van der Waals surface area contributed by atoms with E-state index >= 15 is 0 Å². The number of carbonyl (C=O) groups is 2. The molecule has 0 saturated heterocycles. The molecule has 0 unspecified atom stereocenters. The molecule has 3 N–H and O–H groups in total. The van der Waals surface area contributed by atoms with Gasteiger partial charge in [-0.15, -0.1) is 10.2 Å². The van der Waals surface area contributed by atoms with Crippen LogP contribution in [0.2, 0.25) is 0 Å². The number of primary amides is 1. The second-order valence-corrected chi connectivity index (χ2v) is 5.99. The molecule has 0 spiro atoms. The Balaban J connectivity index is 1.99. The molecule has 134 valence electrons. The summed E-state index contributed by atoms with van der Waals surface area (Å²) in [6.07, 6.45) is 0.499. The fourth-order valence-electron chi connectivity index (χ4n) is 2.09. The normalized spacial score (nSPS) is 10.7. The number of hydrogen-bond acceptors (Lipinski definition) is 5. The van der Waals surface area contributed by atoms with Crippen molar-refractivity contribution in [3.8, 4) is 0 Å². The van der Waals surface area contributed by atoms with Gasteiger partial charge in [-0.3, -0.25) is 9.59 Å². The second kappa shape index (κ2) is 8.56. The maximum absolute atomic E-state index is 13.5. The summed E-state index contributed by atoms with van der Waals surface area (Å²) in [5.74, 6) is -2.21. The fourth-order valence-corrected chi connectivity index (χ4v) is 2.91. The molecule has 2 aromatic rings. The standard InChI is InChI=1S/C15H17F2N5O2S/c1-2-22-12(7-6-11(18)23)20-21-15(22)25-8-13(24)19-14-9(16)4-3-5-10(14)17/h3-5H,2,6-8H2,1H3,(H2,18,23)(H,19,24). The van der Waals surface area contributed by atoms with E-state index in [-0.39, 0.29) is 12.2 Å². The number of hydrogen-bond donors (Lipinski definition) is 2. The number of thioether (sulfide) groups is 1. The predicted molar refractivity (Wildman–Crippen MR) is 88.9 cm³/mol. The van der Waals surface area contributed by atoms with Gasteiger partial charge < -0.3 is 15.6 Å². The summed E-state index contributed by atoms with van der Waals surface area (Å²) in [6, 6.07) is 3.33. The molecule has 0 aliphatic carbocycles. The van der Waals surface area contributed by atoms with E-state index in [1.807, 2.05) is 6.92 Å². The first-order chi connectivity index (χ1) is 11.9. The number of aromatic nitrogens is 3. The Labute approximate surface area is 147 Å². The van der Waals surface area contributed by atoms with Crippen molar-refractivity contribution in [2.45, 2.75) is 31.5 Å². The third kappa shape index (κ3) is 4.99. The molecule has 7 nitrogen and oxygen atoms in total. The molecule has 0 bridgehead atoms. The van der Waals surface area contributed by atoms with Gasteiger partial charge in [0.1, 0.15) is 23.1 Å². The van der Waals surface area contributed by atoms with Gasteiger partial charge >= 0.3 is 0 Å². The van der Waals surface area contributed by atoms with Crippen LogP contribution in [0.4, 0.5) is 14.5 Å². The summed E-state index contributed by atoms with van der Waals surface area (Å²) < 4.78 is 28.8. The van der Waals surface area contributed by atoms with Crippen LogP contribution in [0, 0.1) is 11.6 Å². The molecular weight excluding hydrogens is 352 g/mol. The number of amides is 2. The van der Waals surface area contributed by atoms with Crippen LogP contribution in [0.3, 0.4) is 0 Å². The van der Waals surface area contributed by atoms with Crippen molar-refractivity contribution in [3.05, 3.63) is 35.7 Å². The summed E-state index contributed by atoms with van der Waals surface area (Å²) in [5, 5.41) is 10.6. The number of halogens is 2. The van der Waals surface area contributed by atoms with Crippen LogP contribution in [0.1, 0.15) is 19.2 Å². The second-order valence-electron chi connectivity index (χ2n) is 5.04. The van der Waals surface area contributed by atoms with Gasteiger partial charge in [-0.25, -0.2) is 8.78 Å². The van der Waals surface area contributed by atoms with Crippen LogP contribution < -0.4 is 11.1 Å². The quantitative estimate of drug-likeness (QED) is 0.690. The first kappa shape index (κ1) is 18.8. The Kier molecular flexibility index (Phi) is 6.45. The van der Waals surface area contributed by atoms with E-state index < -0.39 is 29.1 Å². The van der Waals surface area contributed by atoms with Gasteiger partial charge in [0.05, 0.1) is 5.75 Å². The summed E-state index contributed by atoms with van der Waals surface area (Å²) in [6.45, 7) is 2.42. The van der Waals surface area contributed by atoms with Gasteiger partial charge in [-0.05, 0) is 19.1 Å². The maximum atomic E-state index is 13.5. The highest BCUT2D eigenvalue weighted by Crippen LogP contribution is 2.21. The number of rotatable bonds is 8. The smallest absolute Gasteiger partial charge is 0.235 e. The number of para-hydroxylation sites is 1. The lowest BCUT2D eigenvalue weighted by Gasteiger charge is -2.08. The Morgan fingerprint density at radius 3 is 2.56 bits per heavy atom. The van der Waals surface area contributed by atoms with E-state index in [1.165, 1.54) is 6.07 Å². The van der Waals surface area contributed by atoms with Gasteiger partial charge in [-0.1, -0.05) is 17.8 Å². The molecule has 0 saturated carbocycles. The number of aryl methyl sites for hydroxylation is 1. The molecule has 2 amide bonds. The van der Waals surface area contributed by atoms with Crippen LogP contribution in [0.25, 0.3) is 0 Å². The molecule has 0 atom stereocenters. The maximum Gasteiger partial charge on any atom is 0.235 e. The van der Waals surface area contributed by atoms with Crippen LogP contribution in [0.5, 0.6) is 0 Å². The number of nitrogens with zero attached hydrogens (tertiary/aromatic N) is 3. The Morgan fingerprint density at radius 2 is 1.96 bits per heavy atom. The van der Waals surface area contributed by atoms with Crippen molar-refractivity contribution in [1.82, 2.24) is 14.8 Å². The molecule has 2 rings (SSSR count). The summed E-state index contributed by atoms with van der Waals surface area (Å²) in [7, 11) is 0. The SMILES string of the molecule is CCn1c(CCC(N)=O)nnc1SCC(=O)Nc1c(F)cccc1F. The molecule has 0 aliphatic heterocycles. The third-order valence-electron chi connectivity index (χ3n) is 3.26. The van der Waals surface area contributed by atoms with Crippen LogP contribution in [-0.4, -0.2) is 32.3 Å². The lowest BCUT2D eigenvalue weighted by molar-refractivity contribution is -0.118. The van der Waals surface area contributed by atoms with Crippen LogP contribution >= 0.6 is 11.8 Å². The minimum absolute atomic E-state index is 0.0955. The van der Waals surface area contributed by atoms with E-state index in [9.17, 15) is 18.4 Å². The van der Waals surface area contributed by atoms with Gasteiger partial charge in [0.2, 0.25) is 11.8 Å². The molecule has 25 heavy (non-hydrogen) atoms. The number of nitrogens with one attached hydrogen (secondary N) is 1. The first-order valence-corrected chi connectivity index (χ1v) is 8.48. The van der Waals surface area contributed by atoms with Crippen molar-refractivity contribution in [3.63, 3.8) is 0 Å². The van der Waals surface area contributed by atoms with E-state index in [2.05, 4.69) is 15.5 Å². The Bertz CT molecular complexity index is 761. The molecule has 1 heterocycles. The zero-order valence-corrected chi connectivity index (χ0v) is 14.3. The number of nitrogens with two attached hydrogens (primary N) is 1. The Hall–Kier alpha value is -2.49. The number of carbonyl (C=O) groups excluding carboxylic acids is 2. The van der Waals surface area contributed by atoms with Gasteiger partial charge in [0, 0.05) is 19.4 Å². The molecule has 0 fully saturated rings. The van der Waals surface area contributed by atoms with Gasteiger partial charge in [-0.2, -0.15) is 0 Å². The molecule has 1 aromatic carbocycles. The molecule has 0 aliphatic rings. The zero-order valence-electron chi connectivity index (χ0n) is 13.5. The van der Waals surface area contributed by atoms with Crippen molar-refractivity contribution in [2.24, 2.45) is 5.73 Å². The van der Waals surface area contributed by atoms with Crippen LogP contribution in [0.15, 0.2) is 23.4 Å². The summed E-state index contributed by atoms with van der Waals surface area (Å²) >= 11 is 1.08. The topological polar surface area (TPSA) is 103 Å². The van der Waals surface area contributed by atoms with E-state index in [0.29, 0.717) is 23.9 Å². The highest BCUT2D eigenvalue weighted by Gasteiger charge is 2.16. The van der Waals surface area contributed by atoms with Crippen molar-refractivity contribution >= 4 is 29.3 Å². The average molecular weight is 369 g/mol. The minimum atomic E-state index is -0.844. The highest BCUT2D eigenvalue weighted by atomic mass is 32.2. The molecule has 10 heteroatoms. The van der Waals surface area contributed by atoms with E-state index in [4.69, 9.17) is 5.73 Å². The fraction of sp³-hybridized carbons (Fsp3) is 0.333. The molecule has 0 radical (unpaired) electrons. The van der Waals surface area contributed by atoms with Crippen molar-refractivity contribution in [2.75, 3.05) is 11.1 Å². The summed E-state index contributed by atoms with van der Waals surface area (Å²) in [5.41, 5.74) is 4.64. The molecular formula is C15H17F2N5O2S. The molecule has 1 aromatic heterocycles. The van der Waals surface area contributed by atoms with Crippen LogP contribution in [-0.2, 0) is 22.6 Å². The highest BCUT2D eigenvalue weighted by molar-refractivity contribution is 7.99. The third-order valence-corrected chi connectivity index (χ3v) is 4.23. The van der Waals surface area contributed by atoms with Crippen molar-refractivity contribution < 1.29 is 18.4 Å².